The first-order chi connectivity index (χ1) is 42.2. The van der Waals surface area contributed by atoms with E-state index >= 15 is 0 Å². The van der Waals surface area contributed by atoms with E-state index in [4.69, 9.17) is 49.6 Å². The maximum Gasteiger partial charge on any atom is 0.477 e. The van der Waals surface area contributed by atoms with Crippen molar-refractivity contribution in [2.45, 2.75) is 138 Å². The molecule has 0 aliphatic carbocycles. The summed E-state index contributed by atoms with van der Waals surface area (Å²) in [6, 6.07) is 15.1. The molecular weight excluding hydrogens is 1240 g/mol. The van der Waals surface area contributed by atoms with Crippen molar-refractivity contribution in [1.82, 2.24) is 16.0 Å². The maximum atomic E-state index is 12.0. The number of ether oxygens (including phenoxy) is 5. The van der Waals surface area contributed by atoms with E-state index in [1.807, 2.05) is 0 Å². The third-order valence-corrected chi connectivity index (χ3v) is 15.1. The number of amides is 3. The lowest BCUT2D eigenvalue weighted by atomic mass is 10.1. The van der Waals surface area contributed by atoms with E-state index in [1.54, 1.807) is 54.6 Å². The zero-order chi connectivity index (χ0) is 67.1. The third-order valence-electron chi connectivity index (χ3n) is 11.8. The molecule has 0 radical (unpaired) electrons. The summed E-state index contributed by atoms with van der Waals surface area (Å²) >= 11 is 5.09. The van der Waals surface area contributed by atoms with Gasteiger partial charge in [-0.2, -0.15) is 0 Å². The lowest BCUT2D eigenvalue weighted by Crippen LogP contribution is -2.22. The summed E-state index contributed by atoms with van der Waals surface area (Å²) in [5.74, 6) is 3.81. The van der Waals surface area contributed by atoms with E-state index in [-0.39, 0.29) is 42.1 Å². The molecule has 28 heteroatoms. The summed E-state index contributed by atoms with van der Waals surface area (Å²) < 4.78 is 91.1. The Morgan fingerprint density at radius 2 is 0.798 bits per heavy atom. The first-order valence-corrected chi connectivity index (χ1v) is 34.0. The molecule has 89 heavy (non-hydrogen) atoms. The number of carbonyl (C=O) groups is 3. The van der Waals surface area contributed by atoms with Gasteiger partial charge < -0.3 is 54.5 Å². The van der Waals surface area contributed by atoms with Crippen LogP contribution in [0.15, 0.2) is 91.1 Å². The predicted molar refractivity (Wildman–Crippen MR) is 344 cm³/mol. The van der Waals surface area contributed by atoms with E-state index in [9.17, 15) is 33.2 Å². The fraction of sp³-hybridized carbons (Fsp3) is 0.557. The van der Waals surface area contributed by atoms with Crippen LogP contribution in [0.4, 0.5) is 0 Å². The molecule has 3 aromatic carbocycles. The van der Waals surface area contributed by atoms with Crippen molar-refractivity contribution in [3.63, 3.8) is 0 Å². The predicted octanol–water partition coefficient (Wildman–Crippen LogP) is 13.8. The summed E-state index contributed by atoms with van der Waals surface area (Å²) in [5.41, 5.74) is 2.59. The largest absolute Gasteiger partial charge is 0.504 e. The molecule has 0 bridgehead atoms. The second kappa shape index (κ2) is 49.4. The number of unbranched alkanes of at least 4 members (excludes halogenated alkanes) is 6. The molecule has 3 aromatic rings. The lowest BCUT2D eigenvalue weighted by molar-refractivity contribution is -0.122. The van der Waals surface area contributed by atoms with Gasteiger partial charge in [-0.05, 0) is 129 Å². The van der Waals surface area contributed by atoms with Gasteiger partial charge in [-0.15, -0.1) is 0 Å². The molecule has 0 saturated carbocycles. The summed E-state index contributed by atoms with van der Waals surface area (Å²) in [7, 11) is -2.18. The second-order valence-electron chi connectivity index (χ2n) is 20.2. The van der Waals surface area contributed by atoms with Crippen molar-refractivity contribution in [1.29, 1.82) is 0 Å². The van der Waals surface area contributed by atoms with Gasteiger partial charge in [0.05, 0.1) is 21.3 Å². The van der Waals surface area contributed by atoms with Crippen LogP contribution >= 0.6 is 35.1 Å². The van der Waals surface area contributed by atoms with E-state index in [0.717, 1.165) is 74.5 Å². The molecule has 0 fully saturated rings. The number of aromatic hydroxyl groups is 1. The number of benzene rings is 3. The highest BCUT2D eigenvalue weighted by Gasteiger charge is 2.24. The Morgan fingerprint density at radius 3 is 1.10 bits per heavy atom. The van der Waals surface area contributed by atoms with Crippen LogP contribution in [-0.4, -0.2) is 102 Å². The normalized spacial score (nSPS) is 11.6. The van der Waals surface area contributed by atoms with Crippen molar-refractivity contribution >= 4 is 52.8 Å². The number of alkyl halides is 1. The molecule has 0 aliphatic rings. The Hall–Kier alpha value is -5.29. The monoisotopic (exact) mass is 1340 g/mol. The van der Waals surface area contributed by atoms with Gasteiger partial charge in [0.15, 0.2) is 34.5 Å². The molecular formula is C61H99ClN3O21P3. The van der Waals surface area contributed by atoms with Gasteiger partial charge in [0.25, 0.3) is 0 Å². The standard InChI is InChI=1S/C21H34NO7P.C19H30NO7P.C18H27NO3.C3H8ClO4P/c1-17(2)10-8-6-7-9-11-21(23)22-15-18-12-13-19(20(14-18)25-3)28-16-29-30(24,26-4)27-5;1-15(2)8-6-4-5-7-9-19(21)20-13-16-10-11-17(18(12-16)25-3)26-14-27-28(22,23)24;1-14(2)8-6-4-5-7-9-18(21)19-13-15-10-11-16(20)17(12-15)22-3;1-6-9(5,7-2)8-3-4/h8,10,12-14,17H,6-7,9,11,15-16H2,1-5H3,(H,22,23);6,8,10-12,15H,4-5,7,9,13-14H2,1-3H3,(H,20,21)(H2,22,23,24);6,8,10-12,14,20H,4-5,7,9,13H2,1-3H3,(H,19,21);3H2,1-2H3/b10-8+;2*8-6+;. The summed E-state index contributed by atoms with van der Waals surface area (Å²) in [5, 5.41) is 18.2. The zero-order valence-electron chi connectivity index (χ0n) is 54.0. The average Bonchev–Trinajstić information content (AvgIpc) is 2.89. The molecule has 0 heterocycles. The number of halogens is 1. The maximum absolute atomic E-state index is 12.0. The number of hydrogen-bond acceptors (Lipinski definition) is 19. The molecule has 0 spiro atoms. The highest BCUT2D eigenvalue weighted by molar-refractivity contribution is 7.48. The first kappa shape index (κ1) is 83.7. The molecule has 3 rings (SSSR count). The Morgan fingerprint density at radius 1 is 0.472 bits per heavy atom. The Labute approximate surface area is 532 Å². The number of carbonyl (C=O) groups excluding carboxylic acids is 3. The van der Waals surface area contributed by atoms with Crippen LogP contribution in [0.5, 0.6) is 34.5 Å². The van der Waals surface area contributed by atoms with Crippen LogP contribution in [0.3, 0.4) is 0 Å². The van der Waals surface area contributed by atoms with E-state index in [1.165, 1.54) is 49.8 Å². The van der Waals surface area contributed by atoms with Crippen LogP contribution in [0.2, 0.25) is 0 Å². The number of phenols is 1. The van der Waals surface area contributed by atoms with Crippen LogP contribution in [0.25, 0.3) is 0 Å². The minimum Gasteiger partial charge on any atom is -0.504 e. The van der Waals surface area contributed by atoms with E-state index in [0.29, 0.717) is 79.6 Å². The van der Waals surface area contributed by atoms with E-state index < -0.39 is 30.3 Å². The molecule has 0 atom stereocenters. The molecule has 0 unspecified atom stereocenters. The molecule has 0 saturated heterocycles. The van der Waals surface area contributed by atoms with Crippen LogP contribution < -0.4 is 39.6 Å². The summed E-state index contributed by atoms with van der Waals surface area (Å²) in [4.78, 5) is 53.0. The van der Waals surface area contributed by atoms with Gasteiger partial charge in [0.1, 0.15) is 6.07 Å². The van der Waals surface area contributed by atoms with Crippen molar-refractivity contribution in [2.75, 3.05) is 69.4 Å². The molecule has 24 nitrogen and oxygen atoms in total. The highest BCUT2D eigenvalue weighted by atomic mass is 35.5. The average molecular weight is 1340 g/mol. The third kappa shape index (κ3) is 43.2. The minimum absolute atomic E-state index is 0.0119. The van der Waals surface area contributed by atoms with Gasteiger partial charge in [-0.1, -0.05) is 108 Å². The second-order valence-corrected chi connectivity index (χ2v) is 25.4. The Kier molecular flexibility index (Phi) is 46.5. The number of phosphoric ester groups is 3. The number of methoxy groups -OCH3 is 3. The number of nitrogens with one attached hydrogen (secondary N) is 3. The van der Waals surface area contributed by atoms with Gasteiger partial charge in [-0.3, -0.25) is 37.0 Å². The number of hydrogen-bond donors (Lipinski definition) is 6. The van der Waals surface area contributed by atoms with Gasteiger partial charge in [-0.25, -0.2) is 22.7 Å². The first-order valence-electron chi connectivity index (χ1n) is 29.0. The summed E-state index contributed by atoms with van der Waals surface area (Å²) in [6.45, 7) is 13.1. The molecule has 3 amide bonds. The number of rotatable bonds is 41. The van der Waals surface area contributed by atoms with Gasteiger partial charge in [0, 0.05) is 67.3 Å². The SMILES string of the molecule is COP(=O)(OC)OCCl.COc1cc(CNC(=O)CCCC/C=C/C(C)C)ccc1O.COc1cc(CNC(=O)CCCC/C=C/C(C)C)ccc1OCOP(=O)(O)O.COc1cc(CNC(=O)CCCC/C=C/C(C)C)ccc1OCOP(=O)(OC)OC. The quantitative estimate of drug-likeness (QED) is 0.0101. The summed E-state index contributed by atoms with van der Waals surface area (Å²) in [6.07, 6.45) is 23.2. The minimum atomic E-state index is -4.60. The molecule has 6 N–H and O–H groups in total. The highest BCUT2D eigenvalue weighted by Crippen LogP contribution is 2.48. The van der Waals surface area contributed by atoms with Crippen molar-refractivity contribution in [2.24, 2.45) is 17.8 Å². The van der Waals surface area contributed by atoms with E-state index in [2.05, 4.69) is 121 Å². The molecule has 0 aliphatic heterocycles. The number of phosphoric acid groups is 3. The fourth-order valence-electron chi connectivity index (χ4n) is 7.06. The zero-order valence-corrected chi connectivity index (χ0v) is 57.5. The van der Waals surface area contributed by atoms with Gasteiger partial charge >= 0.3 is 23.5 Å². The van der Waals surface area contributed by atoms with Crippen molar-refractivity contribution in [3.05, 3.63) is 108 Å². The molecule has 0 aromatic heterocycles. The molecule has 506 valence electrons. The van der Waals surface area contributed by atoms with Gasteiger partial charge in [0.2, 0.25) is 31.3 Å². The van der Waals surface area contributed by atoms with Crippen LogP contribution in [0, 0.1) is 17.8 Å². The van der Waals surface area contributed by atoms with Crippen LogP contribution in [0.1, 0.15) is 135 Å². The fourth-order valence-corrected chi connectivity index (χ4v) is 8.63. The van der Waals surface area contributed by atoms with Crippen LogP contribution in [-0.2, 0) is 79.4 Å². The lowest BCUT2D eigenvalue weighted by Gasteiger charge is -2.15. The smallest absolute Gasteiger partial charge is 0.477 e. The van der Waals surface area contributed by atoms with Crippen molar-refractivity contribution in [3.8, 4) is 34.5 Å². The Bertz CT molecular complexity index is 2670. The topological polar surface area (TPSA) is 310 Å². The van der Waals surface area contributed by atoms with Crippen molar-refractivity contribution < 1.29 is 98.3 Å². The number of allylic oxidation sites excluding steroid dienone is 6. The number of phenolic OH excluding ortho intramolecular Hbond substituents is 1. The Balaban J connectivity index is 0.00000123.